The molecule has 2 N–H and O–H groups in total. The summed E-state index contributed by atoms with van der Waals surface area (Å²) >= 11 is 0. The van der Waals surface area contributed by atoms with E-state index in [-0.39, 0.29) is 0 Å². The molecule has 2 rings (SSSR count). The molecule has 1 aromatic heterocycles. The van der Waals surface area contributed by atoms with Crippen LogP contribution < -0.4 is 5.73 Å². The van der Waals surface area contributed by atoms with E-state index in [4.69, 9.17) is 5.73 Å². The number of aromatic nitrogens is 4. The molecule has 0 saturated heterocycles. The van der Waals surface area contributed by atoms with Crippen molar-refractivity contribution in [3.05, 3.63) is 41.4 Å². The van der Waals surface area contributed by atoms with Gasteiger partial charge in [0.05, 0.1) is 5.69 Å². The van der Waals surface area contributed by atoms with Gasteiger partial charge in [0.25, 0.3) is 0 Å². The third-order valence-corrected chi connectivity index (χ3v) is 3.14. The first-order chi connectivity index (χ1) is 9.17. The van der Waals surface area contributed by atoms with Gasteiger partial charge in [-0.05, 0) is 42.3 Å². The van der Waals surface area contributed by atoms with Crippen LogP contribution in [0, 0.1) is 6.92 Å². The van der Waals surface area contributed by atoms with Crippen molar-refractivity contribution in [1.29, 1.82) is 0 Å². The maximum Gasteiger partial charge on any atom is 0.184 e. The van der Waals surface area contributed by atoms with Crippen molar-refractivity contribution in [3.63, 3.8) is 0 Å². The minimum Gasteiger partial charge on any atom is -0.402 e. The van der Waals surface area contributed by atoms with Gasteiger partial charge in [0.15, 0.2) is 5.82 Å². The second kappa shape index (κ2) is 5.65. The second-order valence-electron chi connectivity index (χ2n) is 4.46. The van der Waals surface area contributed by atoms with Crippen molar-refractivity contribution < 1.29 is 0 Å². The molecule has 19 heavy (non-hydrogen) atoms. The third-order valence-electron chi connectivity index (χ3n) is 3.14. The van der Waals surface area contributed by atoms with E-state index in [1.165, 1.54) is 5.56 Å². The summed E-state index contributed by atoms with van der Waals surface area (Å²) in [5, 5.41) is 12.0. The van der Waals surface area contributed by atoms with Crippen LogP contribution >= 0.6 is 0 Å². The quantitative estimate of drug-likeness (QED) is 0.913. The van der Waals surface area contributed by atoms with Gasteiger partial charge in [-0.2, -0.15) is 4.68 Å². The zero-order chi connectivity index (χ0) is 13.8. The number of rotatable bonds is 4. The molecule has 0 unspecified atom stereocenters. The topological polar surface area (TPSA) is 69.6 Å². The Labute approximate surface area is 113 Å². The predicted octanol–water partition coefficient (Wildman–Crippen LogP) is 2.46. The zero-order valence-electron chi connectivity index (χ0n) is 11.6. The van der Waals surface area contributed by atoms with Crippen molar-refractivity contribution in [2.75, 3.05) is 0 Å². The van der Waals surface area contributed by atoms with Crippen LogP contribution in [0.1, 0.15) is 38.1 Å². The van der Waals surface area contributed by atoms with Crippen LogP contribution in [-0.4, -0.2) is 20.2 Å². The fourth-order valence-electron chi connectivity index (χ4n) is 1.98. The molecule has 0 spiro atoms. The molecule has 0 aliphatic rings. The van der Waals surface area contributed by atoms with Crippen molar-refractivity contribution in [1.82, 2.24) is 20.2 Å². The van der Waals surface area contributed by atoms with E-state index in [0.29, 0.717) is 0 Å². The number of nitrogens with zero attached hydrogens (tertiary/aromatic N) is 4. The molecule has 0 aliphatic carbocycles. The number of nitrogens with two attached hydrogens (primary N) is 1. The van der Waals surface area contributed by atoms with Crippen LogP contribution in [-0.2, 0) is 0 Å². The van der Waals surface area contributed by atoms with E-state index < -0.39 is 0 Å². The molecular weight excluding hydrogens is 238 g/mol. The van der Waals surface area contributed by atoms with Gasteiger partial charge in [-0.15, -0.1) is 5.10 Å². The Morgan fingerprint density at radius 2 is 1.84 bits per heavy atom. The van der Waals surface area contributed by atoms with E-state index >= 15 is 0 Å². The molecule has 0 fully saturated rings. The second-order valence-corrected chi connectivity index (χ2v) is 4.46. The maximum atomic E-state index is 6.06. The molecule has 1 heterocycles. The molecule has 2 aromatic rings. The summed E-state index contributed by atoms with van der Waals surface area (Å²) < 4.78 is 1.74. The highest BCUT2D eigenvalue weighted by atomic mass is 15.5. The normalized spacial score (nSPS) is 12.4. The largest absolute Gasteiger partial charge is 0.402 e. The van der Waals surface area contributed by atoms with Crippen LogP contribution in [0.4, 0.5) is 0 Å². The Hall–Kier alpha value is -2.17. The Balaban J connectivity index is 2.51. The summed E-state index contributed by atoms with van der Waals surface area (Å²) in [6.07, 6.45) is 1.61. The lowest BCUT2D eigenvalue weighted by Crippen LogP contribution is -2.07. The number of benzene rings is 1. The highest BCUT2D eigenvalue weighted by molar-refractivity contribution is 5.63. The highest BCUT2D eigenvalue weighted by Crippen LogP contribution is 2.21. The van der Waals surface area contributed by atoms with E-state index in [9.17, 15) is 0 Å². The lowest BCUT2D eigenvalue weighted by Gasteiger charge is -2.09. The molecule has 0 amide bonds. The molecule has 0 atom stereocenters. The van der Waals surface area contributed by atoms with Crippen LogP contribution in [0.3, 0.4) is 0 Å². The van der Waals surface area contributed by atoms with Crippen molar-refractivity contribution in [2.45, 2.75) is 33.6 Å². The molecule has 5 heteroatoms. The third kappa shape index (κ3) is 2.65. The van der Waals surface area contributed by atoms with Gasteiger partial charge in [0.2, 0.25) is 0 Å². The molecule has 5 nitrogen and oxygen atoms in total. The summed E-state index contributed by atoms with van der Waals surface area (Å²) in [7, 11) is 0. The maximum absolute atomic E-state index is 6.06. The first-order valence-corrected chi connectivity index (χ1v) is 6.50. The van der Waals surface area contributed by atoms with E-state index in [1.807, 2.05) is 31.2 Å². The summed E-state index contributed by atoms with van der Waals surface area (Å²) in [6, 6.07) is 8.09. The molecular formula is C14H19N5. The predicted molar refractivity (Wildman–Crippen MR) is 75.6 cm³/mol. The summed E-state index contributed by atoms with van der Waals surface area (Å²) in [4.78, 5) is 0. The Kier molecular flexibility index (Phi) is 3.94. The lowest BCUT2D eigenvalue weighted by molar-refractivity contribution is 0.783. The number of aryl methyl sites for hydroxylation is 1. The van der Waals surface area contributed by atoms with Crippen molar-refractivity contribution >= 4 is 5.57 Å². The van der Waals surface area contributed by atoms with Gasteiger partial charge >= 0.3 is 0 Å². The van der Waals surface area contributed by atoms with Crippen molar-refractivity contribution in [3.8, 4) is 5.69 Å². The van der Waals surface area contributed by atoms with E-state index in [2.05, 4.69) is 29.4 Å². The van der Waals surface area contributed by atoms with Gasteiger partial charge < -0.3 is 5.73 Å². The van der Waals surface area contributed by atoms with Crippen LogP contribution in [0.5, 0.6) is 0 Å². The summed E-state index contributed by atoms with van der Waals surface area (Å²) in [5.74, 6) is 0.728. The zero-order valence-corrected chi connectivity index (χ0v) is 11.6. The van der Waals surface area contributed by atoms with Crippen LogP contribution in [0.2, 0.25) is 0 Å². The molecule has 0 aliphatic heterocycles. The number of allylic oxidation sites excluding steroid dienone is 2. The van der Waals surface area contributed by atoms with Crippen LogP contribution in [0.25, 0.3) is 11.3 Å². The molecule has 0 bridgehead atoms. The first kappa shape index (κ1) is 13.3. The highest BCUT2D eigenvalue weighted by Gasteiger charge is 2.14. The fourth-order valence-corrected chi connectivity index (χ4v) is 1.98. The Bertz CT molecular complexity index is 580. The lowest BCUT2D eigenvalue weighted by atomic mass is 10.1. The Morgan fingerprint density at radius 1 is 1.16 bits per heavy atom. The molecule has 0 radical (unpaired) electrons. The van der Waals surface area contributed by atoms with Gasteiger partial charge in [-0.25, -0.2) is 0 Å². The SMILES string of the molecule is CCC(N)=C(CC)c1nnnn1-c1ccc(C)cc1. The average molecular weight is 257 g/mol. The fraction of sp³-hybridized carbons (Fsp3) is 0.357. The summed E-state index contributed by atoms with van der Waals surface area (Å²) in [5.41, 5.74) is 10.1. The first-order valence-electron chi connectivity index (χ1n) is 6.50. The van der Waals surface area contributed by atoms with Gasteiger partial charge in [0.1, 0.15) is 0 Å². The number of tetrazole rings is 1. The molecule has 1 aromatic carbocycles. The number of hydrogen-bond donors (Lipinski definition) is 1. The Morgan fingerprint density at radius 3 is 2.42 bits per heavy atom. The standard InChI is InChI=1S/C14H19N5/c1-4-12(13(15)5-2)14-16-17-18-19(14)11-8-6-10(3)7-9-11/h6-9H,4-5,15H2,1-3H3. The van der Waals surface area contributed by atoms with E-state index in [0.717, 1.165) is 35.6 Å². The number of hydrogen-bond acceptors (Lipinski definition) is 4. The summed E-state index contributed by atoms with van der Waals surface area (Å²) in [6.45, 7) is 6.15. The smallest absolute Gasteiger partial charge is 0.184 e. The minimum atomic E-state index is 0.728. The van der Waals surface area contributed by atoms with Gasteiger partial charge in [0, 0.05) is 11.3 Å². The van der Waals surface area contributed by atoms with Crippen molar-refractivity contribution in [2.24, 2.45) is 5.73 Å². The van der Waals surface area contributed by atoms with Gasteiger partial charge in [-0.3, -0.25) is 0 Å². The monoisotopic (exact) mass is 257 g/mol. The molecule has 100 valence electrons. The van der Waals surface area contributed by atoms with E-state index in [1.54, 1.807) is 4.68 Å². The van der Waals surface area contributed by atoms with Crippen LogP contribution in [0.15, 0.2) is 30.0 Å². The molecule has 0 saturated carbocycles. The van der Waals surface area contributed by atoms with Gasteiger partial charge in [-0.1, -0.05) is 31.5 Å². The minimum absolute atomic E-state index is 0.728. The average Bonchev–Trinajstić information content (AvgIpc) is 2.89.